The van der Waals surface area contributed by atoms with E-state index in [0.717, 1.165) is 18.5 Å². The first-order valence-corrected chi connectivity index (χ1v) is 9.02. The Kier molecular flexibility index (Phi) is 3.75. The molecule has 2 heterocycles. The average molecular weight is 312 g/mol. The zero-order valence-corrected chi connectivity index (χ0v) is 12.8. The number of hydrogen-bond acceptors (Lipinski definition) is 4. The molecule has 0 radical (unpaired) electrons. The Morgan fingerprint density at radius 1 is 1.48 bits per heavy atom. The van der Waals surface area contributed by atoms with Gasteiger partial charge in [-0.25, -0.2) is 8.42 Å². The van der Waals surface area contributed by atoms with Crippen LogP contribution in [0.5, 0.6) is 0 Å². The second kappa shape index (κ2) is 5.42. The Morgan fingerprint density at radius 2 is 2.24 bits per heavy atom. The van der Waals surface area contributed by atoms with Gasteiger partial charge in [0.2, 0.25) is 15.9 Å². The van der Waals surface area contributed by atoms with Crippen LogP contribution in [0.4, 0.5) is 0 Å². The molecule has 0 saturated heterocycles. The normalized spacial score (nSPS) is 22.8. The summed E-state index contributed by atoms with van der Waals surface area (Å²) in [5, 5.41) is 7.15. The van der Waals surface area contributed by atoms with Gasteiger partial charge in [-0.2, -0.15) is 9.40 Å². The van der Waals surface area contributed by atoms with Crippen molar-refractivity contribution in [1.82, 2.24) is 19.4 Å². The topological polar surface area (TPSA) is 84.3 Å². The van der Waals surface area contributed by atoms with Crippen molar-refractivity contribution in [2.75, 3.05) is 19.3 Å². The molecule has 1 aliphatic carbocycles. The molecule has 1 atom stereocenters. The van der Waals surface area contributed by atoms with E-state index in [1.807, 2.05) is 10.7 Å². The highest BCUT2D eigenvalue weighted by molar-refractivity contribution is 7.88. The van der Waals surface area contributed by atoms with Crippen molar-refractivity contribution >= 4 is 15.9 Å². The third kappa shape index (κ3) is 3.44. The summed E-state index contributed by atoms with van der Waals surface area (Å²) in [4.78, 5) is 11.8. The van der Waals surface area contributed by atoms with Crippen LogP contribution in [-0.2, 0) is 21.4 Å². The number of aromatic nitrogens is 2. The van der Waals surface area contributed by atoms with Gasteiger partial charge in [-0.05, 0) is 24.8 Å². The van der Waals surface area contributed by atoms with Crippen LogP contribution in [0.2, 0.25) is 0 Å². The van der Waals surface area contributed by atoms with Crippen molar-refractivity contribution in [1.29, 1.82) is 0 Å². The lowest BCUT2D eigenvalue weighted by Crippen LogP contribution is -2.44. The molecule has 116 valence electrons. The lowest BCUT2D eigenvalue weighted by atomic mass is 10.2. The number of fused-ring (bicyclic) bond motifs is 1. The molecule has 1 N–H and O–H groups in total. The molecule has 1 saturated carbocycles. The number of nitrogens with one attached hydrogen (secondary N) is 1. The Balaban J connectivity index is 1.67. The SMILES string of the molecule is CS(=O)(=O)N1Cc2ccnn2[C@H](CNC(=O)CC2CC2)C1. The van der Waals surface area contributed by atoms with Gasteiger partial charge in [-0.3, -0.25) is 9.48 Å². The first kappa shape index (κ1) is 14.5. The van der Waals surface area contributed by atoms with Crippen molar-refractivity contribution in [2.45, 2.75) is 31.8 Å². The van der Waals surface area contributed by atoms with Crippen molar-refractivity contribution < 1.29 is 13.2 Å². The highest BCUT2D eigenvalue weighted by Crippen LogP contribution is 2.32. The lowest BCUT2D eigenvalue weighted by Gasteiger charge is -2.32. The number of amides is 1. The predicted octanol–water partition coefficient (Wildman–Crippen LogP) is 0.116. The number of carbonyl (C=O) groups excluding carboxylic acids is 1. The number of nitrogens with zero attached hydrogens (tertiary/aromatic N) is 3. The van der Waals surface area contributed by atoms with E-state index in [-0.39, 0.29) is 11.9 Å². The van der Waals surface area contributed by atoms with Crippen LogP contribution < -0.4 is 5.32 Å². The van der Waals surface area contributed by atoms with Gasteiger partial charge in [-0.15, -0.1) is 0 Å². The van der Waals surface area contributed by atoms with Crippen molar-refractivity contribution in [2.24, 2.45) is 5.92 Å². The molecule has 0 bridgehead atoms. The number of hydrogen-bond donors (Lipinski definition) is 1. The van der Waals surface area contributed by atoms with E-state index >= 15 is 0 Å². The van der Waals surface area contributed by atoms with E-state index in [9.17, 15) is 13.2 Å². The van der Waals surface area contributed by atoms with Gasteiger partial charge in [0.25, 0.3) is 0 Å². The third-order valence-electron chi connectivity index (χ3n) is 4.03. The van der Waals surface area contributed by atoms with Crippen LogP contribution in [0.3, 0.4) is 0 Å². The summed E-state index contributed by atoms with van der Waals surface area (Å²) < 4.78 is 26.8. The fraction of sp³-hybridized carbons (Fsp3) is 0.692. The monoisotopic (exact) mass is 312 g/mol. The number of sulfonamides is 1. The standard InChI is InChI=1S/C13H20N4O3S/c1-21(19,20)16-8-11-4-5-15-17(11)12(9-16)7-14-13(18)6-10-2-3-10/h4-5,10,12H,2-3,6-9H2,1H3,(H,14,18)/t12-/m1/s1. The van der Waals surface area contributed by atoms with Gasteiger partial charge < -0.3 is 5.32 Å². The van der Waals surface area contributed by atoms with Gasteiger partial charge in [0.15, 0.2) is 0 Å². The zero-order chi connectivity index (χ0) is 15.0. The maximum absolute atomic E-state index is 11.8. The van der Waals surface area contributed by atoms with Crippen LogP contribution in [0, 0.1) is 5.92 Å². The molecular weight excluding hydrogens is 292 g/mol. The maximum atomic E-state index is 11.8. The van der Waals surface area contributed by atoms with Crippen LogP contribution in [0.1, 0.15) is 31.0 Å². The van der Waals surface area contributed by atoms with E-state index in [0.29, 0.717) is 32.0 Å². The summed E-state index contributed by atoms with van der Waals surface area (Å²) in [6, 6.07) is 1.66. The summed E-state index contributed by atoms with van der Waals surface area (Å²) in [5.41, 5.74) is 0.855. The van der Waals surface area contributed by atoms with Gasteiger partial charge >= 0.3 is 0 Å². The highest BCUT2D eigenvalue weighted by atomic mass is 32.2. The van der Waals surface area contributed by atoms with Crippen LogP contribution in [0.25, 0.3) is 0 Å². The Labute approximate surface area is 124 Å². The van der Waals surface area contributed by atoms with E-state index < -0.39 is 10.0 Å². The molecule has 1 aliphatic heterocycles. The minimum absolute atomic E-state index is 0.0442. The lowest BCUT2D eigenvalue weighted by molar-refractivity contribution is -0.121. The fourth-order valence-electron chi connectivity index (χ4n) is 2.64. The summed E-state index contributed by atoms with van der Waals surface area (Å²) in [5.74, 6) is 0.590. The fourth-order valence-corrected chi connectivity index (χ4v) is 3.45. The molecule has 1 aromatic heterocycles. The second-order valence-electron chi connectivity index (χ2n) is 5.93. The Bertz CT molecular complexity index is 636. The van der Waals surface area contributed by atoms with Crippen LogP contribution >= 0.6 is 0 Å². The van der Waals surface area contributed by atoms with Crippen molar-refractivity contribution in [3.8, 4) is 0 Å². The molecule has 0 aromatic carbocycles. The predicted molar refractivity (Wildman–Crippen MR) is 76.9 cm³/mol. The van der Waals surface area contributed by atoms with Crippen molar-refractivity contribution in [3.05, 3.63) is 18.0 Å². The molecule has 1 amide bonds. The first-order chi connectivity index (χ1) is 9.93. The quantitative estimate of drug-likeness (QED) is 0.837. The number of rotatable bonds is 5. The van der Waals surface area contributed by atoms with Crippen LogP contribution in [-0.4, -0.2) is 47.8 Å². The van der Waals surface area contributed by atoms with E-state index in [1.54, 1.807) is 6.20 Å². The summed E-state index contributed by atoms with van der Waals surface area (Å²) >= 11 is 0. The maximum Gasteiger partial charge on any atom is 0.220 e. The Hall–Kier alpha value is -1.41. The summed E-state index contributed by atoms with van der Waals surface area (Å²) in [6.45, 7) is 1.09. The zero-order valence-electron chi connectivity index (χ0n) is 12.0. The molecule has 3 rings (SSSR count). The molecule has 0 unspecified atom stereocenters. The molecule has 21 heavy (non-hydrogen) atoms. The Morgan fingerprint density at radius 3 is 2.90 bits per heavy atom. The summed E-state index contributed by atoms with van der Waals surface area (Å²) in [6.07, 6.45) is 5.74. The van der Waals surface area contributed by atoms with Crippen LogP contribution in [0.15, 0.2) is 12.3 Å². The minimum atomic E-state index is -3.25. The summed E-state index contributed by atoms with van der Waals surface area (Å²) in [7, 11) is -3.25. The van der Waals surface area contributed by atoms with Gasteiger partial charge in [-0.1, -0.05) is 0 Å². The number of carbonyl (C=O) groups is 1. The second-order valence-corrected chi connectivity index (χ2v) is 7.91. The first-order valence-electron chi connectivity index (χ1n) is 7.17. The van der Waals surface area contributed by atoms with E-state index in [1.165, 1.54) is 10.6 Å². The van der Waals surface area contributed by atoms with Gasteiger partial charge in [0.05, 0.1) is 24.5 Å². The van der Waals surface area contributed by atoms with Crippen molar-refractivity contribution in [3.63, 3.8) is 0 Å². The molecule has 1 aromatic rings. The van der Waals surface area contributed by atoms with E-state index in [2.05, 4.69) is 10.4 Å². The largest absolute Gasteiger partial charge is 0.354 e. The molecule has 0 spiro atoms. The average Bonchev–Trinajstić information content (AvgIpc) is 3.08. The third-order valence-corrected chi connectivity index (χ3v) is 5.24. The smallest absolute Gasteiger partial charge is 0.220 e. The molecule has 7 nitrogen and oxygen atoms in total. The molecular formula is C13H20N4O3S. The van der Waals surface area contributed by atoms with Gasteiger partial charge in [0, 0.05) is 25.7 Å². The highest BCUT2D eigenvalue weighted by Gasteiger charge is 2.31. The van der Waals surface area contributed by atoms with Gasteiger partial charge in [0.1, 0.15) is 0 Å². The minimum Gasteiger partial charge on any atom is -0.354 e. The van der Waals surface area contributed by atoms with E-state index in [4.69, 9.17) is 0 Å². The molecule has 8 heteroatoms. The molecule has 1 fully saturated rings. The molecule has 2 aliphatic rings.